The molecule has 1 nitrogen and oxygen atoms in total. The highest BCUT2D eigenvalue weighted by molar-refractivity contribution is 6.22. The molecule has 0 radical (unpaired) electrons. The Morgan fingerprint density at radius 3 is 2.20 bits per heavy atom. The van der Waals surface area contributed by atoms with Crippen molar-refractivity contribution in [2.45, 2.75) is 0 Å². The van der Waals surface area contributed by atoms with Crippen molar-refractivity contribution >= 4 is 7.85 Å². The second-order valence-corrected chi connectivity index (χ2v) is 0.487. The van der Waals surface area contributed by atoms with Crippen molar-refractivity contribution in [3.63, 3.8) is 0 Å². The van der Waals surface area contributed by atoms with E-state index in [1.165, 1.54) is 0 Å². The molecule has 0 amide bonds. The monoisotopic (exact) mass is 63.0 g/mol. The summed E-state index contributed by atoms with van der Waals surface area (Å²) in [6.07, 6.45) is 0. The van der Waals surface area contributed by atoms with E-state index in [1.54, 1.807) is 13.9 Å². The summed E-state index contributed by atoms with van der Waals surface area (Å²) in [4.78, 5) is 0. The summed E-state index contributed by atoms with van der Waals surface area (Å²) in [5, 5.41) is 7.64. The minimum Gasteiger partial charge on any atom is -0.183 e. The molecule has 0 aliphatic carbocycles. The Balaban J connectivity index is 3.30. The zero-order chi connectivity index (χ0) is 4.12. The van der Waals surface area contributed by atoms with Crippen molar-refractivity contribution in [2.75, 3.05) is 0 Å². The maximum Gasteiger partial charge on any atom is 0.197 e. The van der Waals surface area contributed by atoms with E-state index in [0.717, 1.165) is 0 Å². The van der Waals surface area contributed by atoms with Crippen LogP contribution in [0.2, 0.25) is 0 Å². The molecule has 0 aromatic carbocycles. The number of hydrogen-bond donors (Lipinski definition) is 0. The third-order valence-corrected chi connectivity index (χ3v) is 0.181. The summed E-state index contributed by atoms with van der Waals surface area (Å²) < 4.78 is 0. The average molecular weight is 62.9 g/mol. The number of nitrogens with zero attached hydrogens (tertiary/aromatic N) is 1. The number of hydrogen-bond acceptors (Lipinski definition) is 1. The molecule has 2 heteroatoms. The lowest BCUT2D eigenvalue weighted by Crippen LogP contribution is -1.45. The lowest BCUT2D eigenvalue weighted by Gasteiger charge is -1.37. The van der Waals surface area contributed by atoms with Gasteiger partial charge in [0.1, 0.15) is 0 Å². The molecule has 0 spiro atoms. The van der Waals surface area contributed by atoms with E-state index in [0.29, 0.717) is 0 Å². The van der Waals surface area contributed by atoms with Crippen molar-refractivity contribution in [1.29, 1.82) is 5.26 Å². The van der Waals surface area contributed by atoms with Crippen LogP contribution < -0.4 is 0 Å². The van der Waals surface area contributed by atoms with Gasteiger partial charge in [0.05, 0.1) is 0 Å². The minimum absolute atomic E-state index is 1.63. The minimum atomic E-state index is 1.63. The largest absolute Gasteiger partial charge is 0.197 e. The molecule has 0 atom stereocenters. The van der Waals surface area contributed by atoms with E-state index in [4.69, 9.17) is 5.26 Å². The van der Waals surface area contributed by atoms with Gasteiger partial charge in [-0.1, -0.05) is 0 Å². The zero-order valence-electron chi connectivity index (χ0n) is 2.95. The highest BCUT2D eigenvalue weighted by Crippen LogP contribution is 1.35. The SMILES string of the molecule is BC#CC#N. The van der Waals surface area contributed by atoms with Crippen LogP contribution in [-0.2, 0) is 0 Å². The van der Waals surface area contributed by atoms with Crippen molar-refractivity contribution in [2.24, 2.45) is 0 Å². The summed E-state index contributed by atoms with van der Waals surface area (Å²) in [6, 6.07) is 1.66. The molecule has 0 N–H and O–H groups in total. The molecule has 5 heavy (non-hydrogen) atoms. The van der Waals surface area contributed by atoms with E-state index in [9.17, 15) is 0 Å². The number of nitriles is 1. The van der Waals surface area contributed by atoms with Crippen LogP contribution in [0.3, 0.4) is 0 Å². The maximum absolute atomic E-state index is 7.64. The first-order chi connectivity index (χ1) is 2.41. The molecular formula is C3H2BN. The molecule has 0 aliphatic rings. The average Bonchev–Trinajstić information content (AvgIpc) is 1.41. The molecule has 0 rings (SSSR count). The van der Waals surface area contributed by atoms with Gasteiger partial charge in [-0.2, -0.15) is 5.26 Å². The van der Waals surface area contributed by atoms with Crippen LogP contribution in [0.15, 0.2) is 0 Å². The lowest BCUT2D eigenvalue weighted by atomic mass is 10.2. The van der Waals surface area contributed by atoms with Gasteiger partial charge in [-0.15, -0.1) is 5.82 Å². The van der Waals surface area contributed by atoms with Gasteiger partial charge < -0.3 is 0 Å². The predicted molar refractivity (Wildman–Crippen MR) is 21.9 cm³/mol. The highest BCUT2D eigenvalue weighted by atomic mass is 14.2. The van der Waals surface area contributed by atoms with Gasteiger partial charge in [0, 0.05) is 0 Å². The van der Waals surface area contributed by atoms with Crippen LogP contribution >= 0.6 is 0 Å². The van der Waals surface area contributed by atoms with E-state index in [1.807, 2.05) is 0 Å². The van der Waals surface area contributed by atoms with Crippen LogP contribution in [-0.4, -0.2) is 7.85 Å². The van der Waals surface area contributed by atoms with E-state index >= 15 is 0 Å². The van der Waals surface area contributed by atoms with Gasteiger partial charge in [0.25, 0.3) is 0 Å². The first-order valence-electron chi connectivity index (χ1n) is 1.22. The topological polar surface area (TPSA) is 23.8 Å². The fraction of sp³-hybridized carbons (Fsp3) is 0. The molecule has 0 aliphatic heterocycles. The Hall–Kier alpha value is -0.885. The van der Waals surface area contributed by atoms with Crippen molar-refractivity contribution in [3.8, 4) is 17.8 Å². The normalized spacial score (nSPS) is 3.00. The summed E-state index contributed by atoms with van der Waals surface area (Å²) >= 11 is 0. The Labute approximate surface area is 32.0 Å². The van der Waals surface area contributed by atoms with Gasteiger partial charge in [-0.25, -0.2) is 0 Å². The Bertz CT molecular complexity index is 100. The molecule has 0 bridgehead atoms. The molecule has 0 heterocycles. The van der Waals surface area contributed by atoms with E-state index in [-0.39, 0.29) is 0 Å². The highest BCUT2D eigenvalue weighted by Gasteiger charge is 1.41. The third kappa shape index (κ3) is 3.11. The quantitative estimate of drug-likeness (QED) is 0.264. The first kappa shape index (κ1) is 4.11. The molecular weight excluding hydrogens is 60.9 g/mol. The second-order valence-electron chi connectivity index (χ2n) is 0.487. The Kier molecular flexibility index (Phi) is 2.56. The molecule has 0 fully saturated rings. The fourth-order valence-corrected chi connectivity index (χ4v) is 0.0559. The number of rotatable bonds is 0. The first-order valence-corrected chi connectivity index (χ1v) is 1.22. The Morgan fingerprint density at radius 2 is 2.20 bits per heavy atom. The van der Waals surface area contributed by atoms with Crippen molar-refractivity contribution < 1.29 is 0 Å². The molecule has 22 valence electrons. The second kappa shape index (κ2) is 3.11. The van der Waals surface area contributed by atoms with Crippen LogP contribution in [0, 0.1) is 23.1 Å². The smallest absolute Gasteiger partial charge is 0.183 e. The Morgan fingerprint density at radius 1 is 1.60 bits per heavy atom. The van der Waals surface area contributed by atoms with Crippen molar-refractivity contribution in [1.82, 2.24) is 0 Å². The lowest BCUT2D eigenvalue weighted by molar-refractivity contribution is 1.55. The van der Waals surface area contributed by atoms with Gasteiger partial charge >= 0.3 is 0 Å². The van der Waals surface area contributed by atoms with Crippen LogP contribution in [0.25, 0.3) is 0 Å². The van der Waals surface area contributed by atoms with Gasteiger partial charge in [0.15, 0.2) is 13.9 Å². The standard InChI is InChI=1S/C3H2BN/c4-2-1-3-5/h4H2. The van der Waals surface area contributed by atoms with E-state index in [2.05, 4.69) is 11.7 Å². The zero-order valence-corrected chi connectivity index (χ0v) is 2.95. The van der Waals surface area contributed by atoms with Gasteiger partial charge in [0.2, 0.25) is 0 Å². The van der Waals surface area contributed by atoms with Gasteiger partial charge in [-0.3, -0.25) is 0 Å². The summed E-state index contributed by atoms with van der Waals surface area (Å²) in [6.45, 7) is 0. The molecule has 0 unspecified atom stereocenters. The van der Waals surface area contributed by atoms with Crippen LogP contribution in [0.1, 0.15) is 0 Å². The fourth-order valence-electron chi connectivity index (χ4n) is 0.0559. The predicted octanol–water partition coefficient (Wildman–Crippen LogP) is -0.896. The summed E-state index contributed by atoms with van der Waals surface area (Å²) in [7, 11) is 1.63. The van der Waals surface area contributed by atoms with Crippen LogP contribution in [0.5, 0.6) is 0 Å². The third-order valence-electron chi connectivity index (χ3n) is 0.181. The van der Waals surface area contributed by atoms with Crippen LogP contribution in [0.4, 0.5) is 0 Å². The molecule has 0 saturated heterocycles. The summed E-state index contributed by atoms with van der Waals surface area (Å²) in [5.74, 6) is 4.57. The van der Waals surface area contributed by atoms with Crippen molar-refractivity contribution in [3.05, 3.63) is 0 Å². The van der Waals surface area contributed by atoms with E-state index < -0.39 is 0 Å². The summed E-state index contributed by atoms with van der Waals surface area (Å²) in [5.41, 5.74) is 0. The maximum atomic E-state index is 7.64. The molecule has 0 saturated carbocycles. The van der Waals surface area contributed by atoms with Gasteiger partial charge in [-0.05, 0) is 5.92 Å². The molecule has 0 aromatic rings. The molecule has 0 aromatic heterocycles.